The largest absolute Gasteiger partial charge is 0.497 e. The molecule has 3 aromatic rings. The number of ether oxygens (including phenoxy) is 1. The number of hydrogen-bond acceptors (Lipinski definition) is 3. The molecule has 0 radical (unpaired) electrons. The number of methoxy groups -OCH3 is 1. The van der Waals surface area contributed by atoms with Gasteiger partial charge in [-0.25, -0.2) is 13.1 Å². The molecule has 0 unspecified atom stereocenters. The van der Waals surface area contributed by atoms with Gasteiger partial charge in [0.1, 0.15) is 5.75 Å². The van der Waals surface area contributed by atoms with Crippen LogP contribution in [0.2, 0.25) is 0 Å². The number of benzene rings is 2. The summed E-state index contributed by atoms with van der Waals surface area (Å²) in [4.78, 5) is 3.65. The van der Waals surface area contributed by atoms with Crippen LogP contribution in [-0.2, 0) is 15.4 Å². The average molecular weight is 385 g/mol. The zero-order chi connectivity index (χ0) is 19.2. The van der Waals surface area contributed by atoms with Crippen molar-refractivity contribution in [2.75, 3.05) is 13.7 Å². The summed E-state index contributed by atoms with van der Waals surface area (Å²) in [6, 6.07) is 11.3. The third-order valence-corrected chi connectivity index (χ3v) is 7.10. The van der Waals surface area contributed by atoms with Crippen molar-refractivity contribution in [1.29, 1.82) is 0 Å². The monoisotopic (exact) mass is 384 g/mol. The van der Waals surface area contributed by atoms with Crippen LogP contribution in [0.1, 0.15) is 29.5 Å². The van der Waals surface area contributed by atoms with E-state index in [1.54, 1.807) is 13.2 Å². The predicted octanol–water partition coefficient (Wildman–Crippen LogP) is 3.80. The molecule has 0 atom stereocenters. The molecule has 2 N–H and O–H groups in total. The summed E-state index contributed by atoms with van der Waals surface area (Å²) < 4.78 is 33.9. The van der Waals surface area contributed by atoms with Gasteiger partial charge in [-0.15, -0.1) is 0 Å². The van der Waals surface area contributed by atoms with E-state index in [2.05, 4.69) is 9.71 Å². The van der Waals surface area contributed by atoms with Crippen molar-refractivity contribution in [2.24, 2.45) is 0 Å². The minimum absolute atomic E-state index is 0.156. The normalized spacial score (nSPS) is 15.8. The molecule has 5 nitrogen and oxygen atoms in total. The molecule has 142 valence electrons. The summed E-state index contributed by atoms with van der Waals surface area (Å²) in [5.74, 6) is 0.801. The van der Waals surface area contributed by atoms with Gasteiger partial charge >= 0.3 is 0 Å². The molecule has 1 aromatic heterocycles. The van der Waals surface area contributed by atoms with Gasteiger partial charge in [0.25, 0.3) is 0 Å². The highest BCUT2D eigenvalue weighted by molar-refractivity contribution is 7.89. The van der Waals surface area contributed by atoms with E-state index >= 15 is 0 Å². The van der Waals surface area contributed by atoms with Crippen molar-refractivity contribution < 1.29 is 13.2 Å². The minimum atomic E-state index is -3.54. The smallest absolute Gasteiger partial charge is 0.240 e. The maximum Gasteiger partial charge on any atom is 0.240 e. The van der Waals surface area contributed by atoms with Gasteiger partial charge in [0.15, 0.2) is 0 Å². The van der Waals surface area contributed by atoms with Crippen molar-refractivity contribution in [3.05, 3.63) is 59.3 Å². The number of sulfonamides is 1. The molecule has 27 heavy (non-hydrogen) atoms. The van der Waals surface area contributed by atoms with Crippen LogP contribution in [-0.4, -0.2) is 27.1 Å². The van der Waals surface area contributed by atoms with E-state index in [-0.39, 0.29) is 5.41 Å². The molecule has 0 spiro atoms. The first kappa shape index (κ1) is 18.1. The number of H-pyrrole nitrogens is 1. The lowest BCUT2D eigenvalue weighted by molar-refractivity contribution is 0.415. The van der Waals surface area contributed by atoms with Crippen LogP contribution in [0.5, 0.6) is 5.75 Å². The van der Waals surface area contributed by atoms with E-state index in [1.807, 2.05) is 50.4 Å². The van der Waals surface area contributed by atoms with E-state index in [0.29, 0.717) is 11.4 Å². The minimum Gasteiger partial charge on any atom is -0.497 e. The third-order valence-electron chi connectivity index (χ3n) is 5.53. The first-order valence-electron chi connectivity index (χ1n) is 9.07. The van der Waals surface area contributed by atoms with Crippen molar-refractivity contribution in [2.45, 2.75) is 37.0 Å². The second-order valence-corrected chi connectivity index (χ2v) is 9.22. The van der Waals surface area contributed by atoms with Gasteiger partial charge in [0, 0.05) is 29.1 Å². The van der Waals surface area contributed by atoms with Crippen LogP contribution in [0.25, 0.3) is 10.9 Å². The zero-order valence-corrected chi connectivity index (χ0v) is 16.6. The van der Waals surface area contributed by atoms with Crippen LogP contribution < -0.4 is 9.46 Å². The maximum atomic E-state index is 12.8. The van der Waals surface area contributed by atoms with Crippen LogP contribution in [0.3, 0.4) is 0 Å². The molecule has 1 saturated carbocycles. The van der Waals surface area contributed by atoms with Gasteiger partial charge in [0.05, 0.1) is 12.0 Å². The van der Waals surface area contributed by atoms with Crippen LogP contribution in [0, 0.1) is 13.8 Å². The lowest BCUT2D eigenvalue weighted by Gasteiger charge is -2.17. The molecule has 0 amide bonds. The van der Waals surface area contributed by atoms with Crippen molar-refractivity contribution >= 4 is 20.9 Å². The Morgan fingerprint density at radius 3 is 2.59 bits per heavy atom. The Labute approximate surface area is 159 Å². The lowest BCUT2D eigenvalue weighted by Crippen LogP contribution is -2.32. The zero-order valence-electron chi connectivity index (χ0n) is 15.8. The molecular weight excluding hydrogens is 360 g/mol. The van der Waals surface area contributed by atoms with E-state index in [9.17, 15) is 8.42 Å². The molecule has 1 aliphatic carbocycles. The van der Waals surface area contributed by atoms with E-state index in [1.165, 1.54) is 0 Å². The molecule has 0 saturated heterocycles. The van der Waals surface area contributed by atoms with E-state index < -0.39 is 10.0 Å². The van der Waals surface area contributed by atoms with Crippen molar-refractivity contribution in [3.8, 4) is 5.75 Å². The Morgan fingerprint density at radius 2 is 1.93 bits per heavy atom. The Morgan fingerprint density at radius 1 is 1.15 bits per heavy atom. The maximum absolute atomic E-state index is 12.8. The predicted molar refractivity (Wildman–Crippen MR) is 107 cm³/mol. The van der Waals surface area contributed by atoms with Gasteiger partial charge in [-0.2, -0.15) is 0 Å². The number of aromatic amines is 1. The molecule has 1 fully saturated rings. The molecule has 6 heteroatoms. The van der Waals surface area contributed by atoms with Gasteiger partial charge in [-0.3, -0.25) is 0 Å². The second kappa shape index (κ2) is 6.39. The number of fused-ring (bicyclic) bond motifs is 1. The highest BCUT2D eigenvalue weighted by atomic mass is 32.2. The van der Waals surface area contributed by atoms with Crippen molar-refractivity contribution in [3.63, 3.8) is 0 Å². The Balaban J connectivity index is 1.61. The van der Waals surface area contributed by atoms with Crippen LogP contribution in [0.15, 0.2) is 47.5 Å². The summed E-state index contributed by atoms with van der Waals surface area (Å²) in [5.41, 5.74) is 3.85. The Hall–Kier alpha value is -2.31. The quantitative estimate of drug-likeness (QED) is 0.679. The van der Waals surface area contributed by atoms with Gasteiger partial charge in [0.2, 0.25) is 10.0 Å². The average Bonchev–Trinajstić information content (AvgIpc) is 3.30. The molecule has 0 aliphatic heterocycles. The summed E-state index contributed by atoms with van der Waals surface area (Å²) in [6.07, 6.45) is 3.93. The molecular formula is C21H24N2O3S. The summed E-state index contributed by atoms with van der Waals surface area (Å²) in [6.45, 7) is 4.19. The molecule has 1 heterocycles. The first-order valence-corrected chi connectivity index (χ1v) is 10.6. The first-order chi connectivity index (χ1) is 12.8. The third kappa shape index (κ3) is 3.24. The number of hydrogen-bond donors (Lipinski definition) is 2. The SMILES string of the molecule is COc1ccc2[nH]cc(C3(CNS(=O)(=O)c4ccc(C)cc4C)CC3)c2c1. The topological polar surface area (TPSA) is 71.2 Å². The van der Waals surface area contributed by atoms with Crippen LogP contribution >= 0.6 is 0 Å². The Bertz CT molecular complexity index is 1110. The highest BCUT2D eigenvalue weighted by Gasteiger charge is 2.46. The van der Waals surface area contributed by atoms with E-state index in [4.69, 9.17) is 4.74 Å². The standard InChI is InChI=1S/C21H24N2O3S/c1-14-4-7-20(15(2)10-14)27(24,25)23-13-21(8-9-21)18-12-22-19-6-5-16(26-3)11-17(18)19/h4-7,10-12,22-23H,8-9,13H2,1-3H3. The van der Waals surface area contributed by atoms with Gasteiger partial charge < -0.3 is 9.72 Å². The van der Waals surface area contributed by atoms with Gasteiger partial charge in [-0.05, 0) is 62.1 Å². The fourth-order valence-electron chi connectivity index (χ4n) is 3.77. The number of rotatable bonds is 6. The van der Waals surface area contributed by atoms with Crippen molar-refractivity contribution in [1.82, 2.24) is 9.71 Å². The number of aromatic nitrogens is 1. The molecule has 2 aromatic carbocycles. The molecule has 1 aliphatic rings. The summed E-state index contributed by atoms with van der Waals surface area (Å²) in [5, 5.41) is 1.09. The number of nitrogens with one attached hydrogen (secondary N) is 2. The fraction of sp³-hybridized carbons (Fsp3) is 0.333. The van der Waals surface area contributed by atoms with Gasteiger partial charge in [-0.1, -0.05) is 17.7 Å². The summed E-state index contributed by atoms with van der Waals surface area (Å²) >= 11 is 0. The fourth-order valence-corrected chi connectivity index (χ4v) is 5.12. The van der Waals surface area contributed by atoms with E-state index in [0.717, 1.165) is 46.2 Å². The Kier molecular flexibility index (Phi) is 4.28. The lowest BCUT2D eigenvalue weighted by atomic mass is 9.95. The highest BCUT2D eigenvalue weighted by Crippen LogP contribution is 2.50. The molecule has 4 rings (SSSR count). The van der Waals surface area contributed by atoms with Crippen LogP contribution in [0.4, 0.5) is 0 Å². The second-order valence-electron chi connectivity index (χ2n) is 7.49. The summed E-state index contributed by atoms with van der Waals surface area (Å²) in [7, 11) is -1.89. The molecule has 0 bridgehead atoms. The number of aryl methyl sites for hydroxylation is 2.